The molecule has 1 aliphatic heterocycles. The van der Waals surface area contributed by atoms with Crippen LogP contribution in [0.1, 0.15) is 12.5 Å². The van der Waals surface area contributed by atoms with Gasteiger partial charge in [0.1, 0.15) is 5.70 Å². The van der Waals surface area contributed by atoms with Crippen molar-refractivity contribution < 1.29 is 4.79 Å². The van der Waals surface area contributed by atoms with Crippen LogP contribution in [0.5, 0.6) is 0 Å². The maximum Gasteiger partial charge on any atom is 0.276 e. The van der Waals surface area contributed by atoms with E-state index in [2.05, 4.69) is 0 Å². The zero-order valence-electron chi connectivity index (χ0n) is 10.2. The van der Waals surface area contributed by atoms with Gasteiger partial charge in [0.15, 0.2) is 5.11 Å². The average molecular weight is 281 g/mol. The van der Waals surface area contributed by atoms with Gasteiger partial charge in [-0.1, -0.05) is 23.7 Å². The van der Waals surface area contributed by atoms with Crippen LogP contribution in [0.3, 0.4) is 0 Å². The minimum Gasteiger partial charge on any atom is -0.314 e. The first-order chi connectivity index (χ1) is 8.54. The third-order valence-corrected chi connectivity index (χ3v) is 3.57. The van der Waals surface area contributed by atoms with Crippen molar-refractivity contribution in [1.29, 1.82) is 0 Å². The topological polar surface area (TPSA) is 23.6 Å². The fourth-order valence-electron chi connectivity index (χ4n) is 1.82. The summed E-state index contributed by atoms with van der Waals surface area (Å²) in [6, 6.07) is 7.34. The molecule has 2 rings (SSSR count). The maximum absolute atomic E-state index is 12.1. The molecule has 0 unspecified atom stereocenters. The normalized spacial score (nSPS) is 18.1. The third-order valence-electron chi connectivity index (χ3n) is 2.82. The van der Waals surface area contributed by atoms with E-state index in [0.717, 1.165) is 5.56 Å². The molecule has 1 heterocycles. The summed E-state index contributed by atoms with van der Waals surface area (Å²) in [7, 11) is 1.69. The Bertz CT molecular complexity index is 524. The van der Waals surface area contributed by atoms with Gasteiger partial charge in [-0.3, -0.25) is 9.69 Å². The highest BCUT2D eigenvalue weighted by atomic mass is 35.5. The van der Waals surface area contributed by atoms with Crippen LogP contribution in [-0.2, 0) is 4.79 Å². The highest BCUT2D eigenvalue weighted by Gasteiger charge is 2.34. The van der Waals surface area contributed by atoms with Crippen LogP contribution in [0.15, 0.2) is 30.0 Å². The Morgan fingerprint density at radius 3 is 2.50 bits per heavy atom. The number of carbonyl (C=O) groups excluding carboxylic acids is 1. The molecule has 3 nitrogen and oxygen atoms in total. The molecule has 0 atom stereocenters. The molecule has 1 saturated heterocycles. The summed E-state index contributed by atoms with van der Waals surface area (Å²) in [5.74, 6) is -0.0724. The first-order valence-corrected chi connectivity index (χ1v) is 6.40. The Hall–Kier alpha value is -1.39. The molecule has 1 aliphatic rings. The smallest absolute Gasteiger partial charge is 0.276 e. The molecular formula is C13H13ClN2OS. The lowest BCUT2D eigenvalue weighted by Gasteiger charge is -2.15. The van der Waals surface area contributed by atoms with Gasteiger partial charge in [0.2, 0.25) is 0 Å². The van der Waals surface area contributed by atoms with Crippen LogP contribution in [0.4, 0.5) is 0 Å². The monoisotopic (exact) mass is 280 g/mol. The van der Waals surface area contributed by atoms with E-state index in [4.69, 9.17) is 23.8 Å². The number of benzene rings is 1. The van der Waals surface area contributed by atoms with E-state index < -0.39 is 0 Å². The minimum atomic E-state index is -0.0724. The van der Waals surface area contributed by atoms with Crippen molar-refractivity contribution in [3.05, 3.63) is 40.5 Å². The second-order valence-corrected chi connectivity index (χ2v) is 4.77. The summed E-state index contributed by atoms with van der Waals surface area (Å²) in [6.07, 6.45) is 1.83. The van der Waals surface area contributed by atoms with E-state index in [1.165, 1.54) is 4.90 Å². The molecule has 1 aromatic rings. The Morgan fingerprint density at radius 2 is 1.94 bits per heavy atom. The van der Waals surface area contributed by atoms with Crippen molar-refractivity contribution in [1.82, 2.24) is 9.80 Å². The summed E-state index contributed by atoms with van der Waals surface area (Å²) in [5, 5.41) is 1.22. The highest BCUT2D eigenvalue weighted by molar-refractivity contribution is 7.80. The molecule has 0 aliphatic carbocycles. The molecule has 0 aromatic heterocycles. The predicted molar refractivity (Wildman–Crippen MR) is 77.2 cm³/mol. The lowest BCUT2D eigenvalue weighted by molar-refractivity contribution is -0.121. The van der Waals surface area contributed by atoms with Gasteiger partial charge < -0.3 is 4.90 Å². The molecule has 0 radical (unpaired) electrons. The van der Waals surface area contributed by atoms with Crippen molar-refractivity contribution in [2.24, 2.45) is 0 Å². The second kappa shape index (κ2) is 5.08. The minimum absolute atomic E-state index is 0.0724. The molecule has 1 fully saturated rings. The Kier molecular flexibility index (Phi) is 3.68. The number of hydrogen-bond acceptors (Lipinski definition) is 2. The number of hydrogen-bond donors (Lipinski definition) is 0. The molecule has 1 amide bonds. The van der Waals surface area contributed by atoms with E-state index in [1.807, 2.05) is 30.0 Å². The Balaban J connectivity index is 2.39. The van der Waals surface area contributed by atoms with Crippen molar-refractivity contribution >= 4 is 40.9 Å². The van der Waals surface area contributed by atoms with Crippen molar-refractivity contribution in [2.45, 2.75) is 6.92 Å². The number of carbonyl (C=O) groups is 1. The quantitative estimate of drug-likeness (QED) is 0.615. The van der Waals surface area contributed by atoms with Crippen molar-refractivity contribution in [3.8, 4) is 0 Å². The van der Waals surface area contributed by atoms with Crippen LogP contribution in [-0.4, -0.2) is 34.4 Å². The second-order valence-electron chi connectivity index (χ2n) is 3.97. The fraction of sp³-hybridized carbons (Fsp3) is 0.231. The number of amides is 1. The summed E-state index contributed by atoms with van der Waals surface area (Å²) < 4.78 is 0. The van der Waals surface area contributed by atoms with Crippen LogP contribution in [0.2, 0.25) is 5.02 Å². The van der Waals surface area contributed by atoms with Gasteiger partial charge in [-0.05, 0) is 42.9 Å². The largest absolute Gasteiger partial charge is 0.314 e. The van der Waals surface area contributed by atoms with Gasteiger partial charge in [0, 0.05) is 18.6 Å². The third kappa shape index (κ3) is 2.26. The number of thiocarbonyl (C=S) groups is 1. The zero-order valence-corrected chi connectivity index (χ0v) is 11.8. The highest BCUT2D eigenvalue weighted by Crippen LogP contribution is 2.22. The number of likely N-dealkylation sites (N-methyl/N-ethyl adjacent to an activating group) is 2. The molecule has 5 heteroatoms. The maximum atomic E-state index is 12.1. The lowest BCUT2D eigenvalue weighted by atomic mass is 10.2. The summed E-state index contributed by atoms with van der Waals surface area (Å²) in [4.78, 5) is 15.4. The van der Waals surface area contributed by atoms with Crippen molar-refractivity contribution in [3.63, 3.8) is 0 Å². The van der Waals surface area contributed by atoms with Gasteiger partial charge in [-0.15, -0.1) is 0 Å². The van der Waals surface area contributed by atoms with Crippen LogP contribution in [0.25, 0.3) is 6.08 Å². The van der Waals surface area contributed by atoms with Gasteiger partial charge in [-0.25, -0.2) is 0 Å². The van der Waals surface area contributed by atoms with Crippen LogP contribution >= 0.6 is 23.8 Å². The average Bonchev–Trinajstić information content (AvgIpc) is 2.57. The molecule has 0 spiro atoms. The van der Waals surface area contributed by atoms with Gasteiger partial charge >= 0.3 is 0 Å². The van der Waals surface area contributed by atoms with Crippen LogP contribution < -0.4 is 0 Å². The predicted octanol–water partition coefficient (Wildman–Crippen LogP) is 2.76. The Labute approximate surface area is 117 Å². The molecule has 94 valence electrons. The molecule has 1 aromatic carbocycles. The molecule has 18 heavy (non-hydrogen) atoms. The zero-order chi connectivity index (χ0) is 13.3. The summed E-state index contributed by atoms with van der Waals surface area (Å²) in [6.45, 7) is 2.64. The lowest BCUT2D eigenvalue weighted by Crippen LogP contribution is -2.29. The molecule has 0 saturated carbocycles. The van der Waals surface area contributed by atoms with E-state index in [-0.39, 0.29) is 5.91 Å². The van der Waals surface area contributed by atoms with Gasteiger partial charge in [-0.2, -0.15) is 0 Å². The summed E-state index contributed by atoms with van der Waals surface area (Å²) >= 11 is 11.1. The number of rotatable bonds is 2. The van der Waals surface area contributed by atoms with Gasteiger partial charge in [0.25, 0.3) is 5.91 Å². The van der Waals surface area contributed by atoms with E-state index in [0.29, 0.717) is 22.4 Å². The number of nitrogens with zero attached hydrogens (tertiary/aromatic N) is 2. The van der Waals surface area contributed by atoms with Crippen LogP contribution in [0, 0.1) is 0 Å². The standard InChI is InChI=1S/C13H13ClN2OS/c1-3-16-11(12(17)15(2)13(16)18)8-9-4-6-10(14)7-5-9/h4-8H,3H2,1-2H3/b11-8+. The van der Waals surface area contributed by atoms with Crippen molar-refractivity contribution in [2.75, 3.05) is 13.6 Å². The molecule has 0 N–H and O–H groups in total. The molecular weight excluding hydrogens is 268 g/mol. The first kappa shape index (κ1) is 13.1. The number of halogens is 1. The van der Waals surface area contributed by atoms with E-state index in [9.17, 15) is 4.79 Å². The Morgan fingerprint density at radius 1 is 1.33 bits per heavy atom. The first-order valence-electron chi connectivity index (χ1n) is 5.61. The molecule has 0 bridgehead atoms. The SMILES string of the molecule is CCN1C(=S)N(C)C(=O)/C1=C\c1ccc(Cl)cc1. The van der Waals surface area contributed by atoms with Gasteiger partial charge in [0.05, 0.1) is 0 Å². The summed E-state index contributed by atoms with van der Waals surface area (Å²) in [5.41, 5.74) is 1.53. The van der Waals surface area contributed by atoms with E-state index in [1.54, 1.807) is 19.2 Å². The fourth-order valence-corrected chi connectivity index (χ4v) is 2.26. The van der Waals surface area contributed by atoms with E-state index >= 15 is 0 Å².